The van der Waals surface area contributed by atoms with Crippen LogP contribution in [-0.2, 0) is 28.8 Å². The molecule has 0 spiro atoms. The summed E-state index contributed by atoms with van der Waals surface area (Å²) < 4.78 is 0. The summed E-state index contributed by atoms with van der Waals surface area (Å²) >= 11 is 4.05. The molecule has 5 amide bonds. The fraction of sp³-hybridized carbons (Fsp3) is 0.684. The molecule has 0 fully saturated rings. The van der Waals surface area contributed by atoms with E-state index >= 15 is 0 Å². The SMILES string of the molecule is CCC(C)C(N)C(=O)NC(CS)C(=O)NC(CCC(N)=O)C(=O)NC(CCC(N)=O)C(=O)O. The number of amides is 5. The van der Waals surface area contributed by atoms with E-state index < -0.39 is 59.7 Å². The molecule has 33 heavy (non-hydrogen) atoms. The zero-order chi connectivity index (χ0) is 25.7. The lowest BCUT2D eigenvalue weighted by Crippen LogP contribution is -2.58. The standard InChI is InChI=1S/C19H34N6O7S/c1-3-9(2)15(22)18(30)25-12(8-33)17(29)23-10(4-6-13(20)26)16(28)24-11(19(31)32)5-7-14(21)27/h9-12,15,33H,3-8,22H2,1-2H3,(H2,20,26)(H2,21,27)(H,23,29)(H,24,28)(H,25,30)(H,31,32). The van der Waals surface area contributed by atoms with Crippen LogP contribution in [0.5, 0.6) is 0 Å². The Morgan fingerprint density at radius 3 is 1.67 bits per heavy atom. The summed E-state index contributed by atoms with van der Waals surface area (Å²) in [6, 6.07) is -4.81. The summed E-state index contributed by atoms with van der Waals surface area (Å²) in [5, 5.41) is 16.3. The molecule has 0 aliphatic rings. The van der Waals surface area contributed by atoms with Crippen LogP contribution in [0.1, 0.15) is 46.0 Å². The van der Waals surface area contributed by atoms with Crippen molar-refractivity contribution in [1.29, 1.82) is 0 Å². The third kappa shape index (κ3) is 11.5. The van der Waals surface area contributed by atoms with Gasteiger partial charge in [-0.15, -0.1) is 0 Å². The van der Waals surface area contributed by atoms with Gasteiger partial charge in [-0.3, -0.25) is 24.0 Å². The quantitative estimate of drug-likeness (QED) is 0.106. The van der Waals surface area contributed by atoms with Gasteiger partial charge in [0.15, 0.2) is 0 Å². The number of aliphatic carboxylic acids is 1. The summed E-state index contributed by atoms with van der Waals surface area (Å²) in [6.07, 6.45) is -0.430. The van der Waals surface area contributed by atoms with Gasteiger partial charge in [-0.2, -0.15) is 12.6 Å². The average molecular weight is 491 g/mol. The molecule has 0 heterocycles. The predicted octanol–water partition coefficient (Wildman–Crippen LogP) is -2.64. The highest BCUT2D eigenvalue weighted by Gasteiger charge is 2.30. The monoisotopic (exact) mass is 490 g/mol. The van der Waals surface area contributed by atoms with Crippen molar-refractivity contribution >= 4 is 48.1 Å². The molecule has 0 aromatic carbocycles. The Balaban J connectivity index is 5.38. The second-order valence-electron chi connectivity index (χ2n) is 7.63. The molecular formula is C19H34N6O7S. The normalized spacial score (nSPS) is 15.3. The van der Waals surface area contributed by atoms with Gasteiger partial charge in [-0.25, -0.2) is 4.79 Å². The minimum atomic E-state index is -1.45. The molecule has 188 valence electrons. The van der Waals surface area contributed by atoms with Crippen LogP contribution in [-0.4, -0.2) is 70.5 Å². The van der Waals surface area contributed by atoms with Gasteiger partial charge in [0.25, 0.3) is 0 Å². The number of nitrogens with two attached hydrogens (primary N) is 3. The fourth-order valence-electron chi connectivity index (χ4n) is 2.62. The van der Waals surface area contributed by atoms with E-state index in [2.05, 4.69) is 28.6 Å². The zero-order valence-electron chi connectivity index (χ0n) is 18.7. The minimum absolute atomic E-state index is 0.120. The molecule has 0 aromatic heterocycles. The molecule has 5 unspecified atom stereocenters. The lowest BCUT2D eigenvalue weighted by atomic mass is 9.99. The van der Waals surface area contributed by atoms with Crippen molar-refractivity contribution in [1.82, 2.24) is 16.0 Å². The molecular weight excluding hydrogens is 456 g/mol. The molecule has 0 aromatic rings. The summed E-state index contributed by atoms with van der Waals surface area (Å²) in [6.45, 7) is 3.64. The highest BCUT2D eigenvalue weighted by atomic mass is 32.1. The molecule has 5 atom stereocenters. The second-order valence-corrected chi connectivity index (χ2v) is 7.99. The van der Waals surface area contributed by atoms with Crippen molar-refractivity contribution in [2.45, 2.75) is 70.1 Å². The first kappa shape index (κ1) is 30.1. The van der Waals surface area contributed by atoms with Crippen molar-refractivity contribution in [3.8, 4) is 0 Å². The average Bonchev–Trinajstić information content (AvgIpc) is 2.75. The van der Waals surface area contributed by atoms with Crippen molar-refractivity contribution < 1.29 is 33.9 Å². The highest BCUT2D eigenvalue weighted by Crippen LogP contribution is 2.07. The Bertz CT molecular complexity index is 735. The first-order valence-electron chi connectivity index (χ1n) is 10.4. The molecule has 0 radical (unpaired) electrons. The molecule has 13 nitrogen and oxygen atoms in total. The fourth-order valence-corrected chi connectivity index (χ4v) is 2.88. The summed E-state index contributed by atoms with van der Waals surface area (Å²) in [5.74, 6) is -5.45. The molecule has 0 saturated heterocycles. The summed E-state index contributed by atoms with van der Waals surface area (Å²) in [4.78, 5) is 71.1. The van der Waals surface area contributed by atoms with Crippen LogP contribution in [0.15, 0.2) is 0 Å². The van der Waals surface area contributed by atoms with E-state index in [-0.39, 0.29) is 37.4 Å². The van der Waals surface area contributed by atoms with Gasteiger partial charge in [-0.1, -0.05) is 20.3 Å². The minimum Gasteiger partial charge on any atom is -0.480 e. The third-order valence-corrected chi connectivity index (χ3v) is 5.35. The topological polar surface area (TPSA) is 237 Å². The maximum atomic E-state index is 12.7. The number of hydrogen-bond donors (Lipinski definition) is 8. The number of carboxylic acids is 1. The van der Waals surface area contributed by atoms with E-state index in [1.165, 1.54) is 0 Å². The van der Waals surface area contributed by atoms with E-state index in [0.717, 1.165) is 0 Å². The first-order chi connectivity index (χ1) is 15.3. The van der Waals surface area contributed by atoms with Crippen LogP contribution >= 0.6 is 12.6 Å². The van der Waals surface area contributed by atoms with Gasteiger partial charge in [0.1, 0.15) is 18.1 Å². The van der Waals surface area contributed by atoms with Gasteiger partial charge < -0.3 is 38.3 Å². The lowest BCUT2D eigenvalue weighted by molar-refractivity contribution is -0.142. The molecule has 0 saturated carbocycles. The number of nitrogens with one attached hydrogen (secondary N) is 3. The molecule has 0 rings (SSSR count). The molecule has 0 aliphatic heterocycles. The Morgan fingerprint density at radius 2 is 1.24 bits per heavy atom. The molecule has 14 heteroatoms. The first-order valence-corrected chi connectivity index (χ1v) is 11.0. The van der Waals surface area contributed by atoms with E-state index in [4.69, 9.17) is 17.2 Å². The third-order valence-electron chi connectivity index (χ3n) is 4.98. The largest absolute Gasteiger partial charge is 0.480 e. The van der Waals surface area contributed by atoms with E-state index in [1.54, 1.807) is 6.92 Å². The van der Waals surface area contributed by atoms with Crippen LogP contribution < -0.4 is 33.2 Å². The van der Waals surface area contributed by atoms with Gasteiger partial charge in [0.2, 0.25) is 29.5 Å². The van der Waals surface area contributed by atoms with Gasteiger partial charge >= 0.3 is 5.97 Å². The summed E-state index contributed by atoms with van der Waals surface area (Å²) in [5.41, 5.74) is 16.0. The van der Waals surface area contributed by atoms with Crippen LogP contribution in [0.25, 0.3) is 0 Å². The maximum Gasteiger partial charge on any atom is 0.326 e. The number of carbonyl (C=O) groups excluding carboxylic acids is 5. The van der Waals surface area contributed by atoms with E-state index in [0.29, 0.717) is 6.42 Å². The van der Waals surface area contributed by atoms with Crippen molar-refractivity contribution in [3.05, 3.63) is 0 Å². The smallest absolute Gasteiger partial charge is 0.326 e. The molecule has 10 N–H and O–H groups in total. The van der Waals surface area contributed by atoms with Crippen molar-refractivity contribution in [2.75, 3.05) is 5.75 Å². The van der Waals surface area contributed by atoms with E-state index in [1.807, 2.05) is 6.92 Å². The Kier molecular flexibility index (Phi) is 13.7. The zero-order valence-corrected chi connectivity index (χ0v) is 19.6. The van der Waals surface area contributed by atoms with Crippen molar-refractivity contribution in [2.24, 2.45) is 23.1 Å². The second kappa shape index (κ2) is 15.1. The van der Waals surface area contributed by atoms with Crippen LogP contribution in [0.2, 0.25) is 0 Å². The van der Waals surface area contributed by atoms with Crippen LogP contribution in [0.4, 0.5) is 0 Å². The van der Waals surface area contributed by atoms with Gasteiger partial charge in [-0.05, 0) is 18.8 Å². The summed E-state index contributed by atoms with van der Waals surface area (Å²) in [7, 11) is 0. The van der Waals surface area contributed by atoms with Crippen molar-refractivity contribution in [3.63, 3.8) is 0 Å². The van der Waals surface area contributed by atoms with Crippen LogP contribution in [0.3, 0.4) is 0 Å². The van der Waals surface area contributed by atoms with Gasteiger partial charge in [0, 0.05) is 18.6 Å². The molecule has 0 bridgehead atoms. The maximum absolute atomic E-state index is 12.7. The number of hydrogen-bond acceptors (Lipinski definition) is 8. The van der Waals surface area contributed by atoms with Gasteiger partial charge in [0.05, 0.1) is 6.04 Å². The number of primary amides is 2. The molecule has 0 aliphatic carbocycles. The predicted molar refractivity (Wildman–Crippen MR) is 122 cm³/mol. The number of thiol groups is 1. The Labute approximate surface area is 197 Å². The van der Waals surface area contributed by atoms with Crippen LogP contribution in [0, 0.1) is 5.92 Å². The number of carbonyl (C=O) groups is 6. The van der Waals surface area contributed by atoms with E-state index in [9.17, 15) is 33.9 Å². The Morgan fingerprint density at radius 1 is 0.818 bits per heavy atom. The number of carboxylic acid groups (broad SMARTS) is 1. The number of rotatable bonds is 16. The Hall–Kier alpha value is -2.87. The lowest BCUT2D eigenvalue weighted by Gasteiger charge is -2.25. The highest BCUT2D eigenvalue weighted by molar-refractivity contribution is 7.80.